The summed E-state index contributed by atoms with van der Waals surface area (Å²) in [7, 11) is 0. The monoisotopic (exact) mass is 264 g/mol. The molecule has 20 heavy (non-hydrogen) atoms. The van der Waals surface area contributed by atoms with E-state index < -0.39 is 0 Å². The van der Waals surface area contributed by atoms with Gasteiger partial charge in [-0.15, -0.1) is 0 Å². The van der Waals surface area contributed by atoms with E-state index in [2.05, 4.69) is 37.8 Å². The minimum Gasteiger partial charge on any atom is -0.461 e. The Morgan fingerprint density at radius 2 is 1.60 bits per heavy atom. The zero-order valence-corrected chi connectivity index (χ0v) is 11.4. The van der Waals surface area contributed by atoms with Crippen LogP contribution in [-0.4, -0.2) is 12.6 Å². The van der Waals surface area contributed by atoms with E-state index in [0.717, 1.165) is 0 Å². The van der Waals surface area contributed by atoms with Crippen molar-refractivity contribution in [1.29, 1.82) is 0 Å². The molecule has 1 aliphatic carbocycles. The molecular formula is C18H16O2. The van der Waals surface area contributed by atoms with Crippen LogP contribution in [0.3, 0.4) is 0 Å². The fraction of sp³-hybridized carbons (Fsp3) is 0.167. The fourth-order valence-electron chi connectivity index (χ4n) is 2.97. The Bertz CT molecular complexity index is 640. The van der Waals surface area contributed by atoms with E-state index in [1.807, 2.05) is 24.3 Å². The second kappa shape index (κ2) is 4.64. The van der Waals surface area contributed by atoms with Crippen molar-refractivity contribution in [2.75, 3.05) is 6.61 Å². The summed E-state index contributed by atoms with van der Waals surface area (Å²) < 4.78 is 5.33. The smallest absolute Gasteiger partial charge is 0.330 e. The van der Waals surface area contributed by atoms with E-state index in [-0.39, 0.29) is 11.4 Å². The first-order valence-electron chi connectivity index (χ1n) is 6.65. The quantitative estimate of drug-likeness (QED) is 0.624. The lowest BCUT2D eigenvalue weighted by atomic mass is 9.81. The first kappa shape index (κ1) is 12.7. The van der Waals surface area contributed by atoms with Crippen LogP contribution in [0.5, 0.6) is 0 Å². The molecule has 0 unspecified atom stereocenters. The number of esters is 1. The molecule has 0 heterocycles. The van der Waals surface area contributed by atoms with Gasteiger partial charge in [0.15, 0.2) is 0 Å². The van der Waals surface area contributed by atoms with Gasteiger partial charge in [0.05, 0.1) is 5.41 Å². The van der Waals surface area contributed by atoms with Crippen LogP contribution >= 0.6 is 0 Å². The van der Waals surface area contributed by atoms with Crippen LogP contribution in [-0.2, 0) is 14.9 Å². The Balaban J connectivity index is 2.10. The largest absolute Gasteiger partial charge is 0.461 e. The fourth-order valence-corrected chi connectivity index (χ4v) is 2.97. The third-order valence-electron chi connectivity index (χ3n) is 4.00. The third-order valence-corrected chi connectivity index (χ3v) is 4.00. The lowest BCUT2D eigenvalue weighted by molar-refractivity contribution is -0.139. The Kier molecular flexibility index (Phi) is 2.94. The van der Waals surface area contributed by atoms with E-state index in [9.17, 15) is 4.79 Å². The Hall–Kier alpha value is -2.35. The highest BCUT2D eigenvalue weighted by Gasteiger charge is 2.39. The normalized spacial score (nSPS) is 14.2. The Morgan fingerprint density at radius 3 is 2.10 bits per heavy atom. The average Bonchev–Trinajstić information content (AvgIpc) is 2.76. The molecule has 2 heteroatoms. The summed E-state index contributed by atoms with van der Waals surface area (Å²) in [6.45, 7) is 5.89. The predicted molar refractivity (Wildman–Crippen MR) is 79.5 cm³/mol. The van der Waals surface area contributed by atoms with Crippen LogP contribution < -0.4 is 0 Å². The highest BCUT2D eigenvalue weighted by Crippen LogP contribution is 2.48. The molecule has 0 radical (unpaired) electrons. The van der Waals surface area contributed by atoms with Gasteiger partial charge in [0, 0.05) is 6.08 Å². The van der Waals surface area contributed by atoms with E-state index in [0.29, 0.717) is 6.61 Å². The summed E-state index contributed by atoms with van der Waals surface area (Å²) in [5, 5.41) is 0. The maximum Gasteiger partial charge on any atom is 0.330 e. The lowest BCUT2D eigenvalue weighted by Gasteiger charge is -2.26. The van der Waals surface area contributed by atoms with Gasteiger partial charge in [0.2, 0.25) is 0 Å². The molecule has 0 saturated heterocycles. The van der Waals surface area contributed by atoms with Crippen LogP contribution in [0.4, 0.5) is 0 Å². The molecule has 0 spiro atoms. The number of hydrogen-bond acceptors (Lipinski definition) is 2. The summed E-state index contributed by atoms with van der Waals surface area (Å²) in [5.74, 6) is -0.381. The van der Waals surface area contributed by atoms with Crippen LogP contribution in [0.15, 0.2) is 61.2 Å². The van der Waals surface area contributed by atoms with Crippen molar-refractivity contribution in [3.8, 4) is 11.1 Å². The first-order valence-corrected chi connectivity index (χ1v) is 6.65. The number of hydrogen-bond donors (Lipinski definition) is 0. The minimum atomic E-state index is -0.381. The topological polar surface area (TPSA) is 26.3 Å². The minimum absolute atomic E-state index is 0.300. The van der Waals surface area contributed by atoms with Gasteiger partial charge in [0.25, 0.3) is 0 Å². The highest BCUT2D eigenvalue weighted by molar-refractivity contribution is 5.83. The number of carbonyl (C=O) groups excluding carboxylic acids is 1. The Labute approximate surface area is 118 Å². The molecule has 2 aromatic carbocycles. The molecule has 2 nitrogen and oxygen atoms in total. The molecular weight excluding hydrogens is 248 g/mol. The molecule has 0 aliphatic heterocycles. The van der Waals surface area contributed by atoms with Crippen LogP contribution in [0.25, 0.3) is 11.1 Å². The van der Waals surface area contributed by atoms with E-state index >= 15 is 0 Å². The summed E-state index contributed by atoms with van der Waals surface area (Å²) in [5.41, 5.74) is 4.56. The lowest BCUT2D eigenvalue weighted by Crippen LogP contribution is -2.28. The SMILES string of the molecule is C=CC(=O)OCC1(C)c2ccccc2-c2ccccc21. The van der Waals surface area contributed by atoms with Crippen molar-refractivity contribution in [2.24, 2.45) is 0 Å². The van der Waals surface area contributed by atoms with Gasteiger partial charge < -0.3 is 4.74 Å². The van der Waals surface area contributed by atoms with Crippen molar-refractivity contribution in [2.45, 2.75) is 12.3 Å². The molecule has 2 aromatic rings. The highest BCUT2D eigenvalue weighted by atomic mass is 16.5. The molecule has 3 rings (SSSR count). The van der Waals surface area contributed by atoms with Crippen LogP contribution in [0, 0.1) is 0 Å². The molecule has 0 bridgehead atoms. The van der Waals surface area contributed by atoms with Gasteiger partial charge in [-0.25, -0.2) is 4.79 Å². The summed E-state index contributed by atoms with van der Waals surface area (Å²) in [6, 6.07) is 16.6. The maximum atomic E-state index is 11.4. The Morgan fingerprint density at radius 1 is 1.10 bits per heavy atom. The summed E-state index contributed by atoms with van der Waals surface area (Å²) in [6.07, 6.45) is 1.20. The van der Waals surface area contributed by atoms with Gasteiger partial charge in [-0.05, 0) is 29.2 Å². The van der Waals surface area contributed by atoms with E-state index in [4.69, 9.17) is 4.74 Å². The first-order chi connectivity index (χ1) is 9.66. The van der Waals surface area contributed by atoms with Crippen molar-refractivity contribution < 1.29 is 9.53 Å². The number of carbonyl (C=O) groups is 1. The molecule has 0 fully saturated rings. The van der Waals surface area contributed by atoms with Gasteiger partial charge in [-0.2, -0.15) is 0 Å². The van der Waals surface area contributed by atoms with Gasteiger partial charge in [-0.1, -0.05) is 55.1 Å². The second-order valence-electron chi connectivity index (χ2n) is 5.24. The molecule has 0 saturated carbocycles. The standard InChI is InChI=1S/C18H16O2/c1-3-17(19)20-12-18(2)15-10-6-4-8-13(15)14-9-5-7-11-16(14)18/h3-11H,1,12H2,2H3. The zero-order valence-electron chi connectivity index (χ0n) is 11.4. The number of benzene rings is 2. The number of fused-ring (bicyclic) bond motifs is 3. The number of rotatable bonds is 3. The molecule has 100 valence electrons. The van der Waals surface area contributed by atoms with Crippen LogP contribution in [0.2, 0.25) is 0 Å². The zero-order chi connectivity index (χ0) is 14.2. The summed E-state index contributed by atoms with van der Waals surface area (Å²) >= 11 is 0. The molecule has 0 N–H and O–H groups in total. The van der Waals surface area contributed by atoms with Crippen molar-refractivity contribution in [1.82, 2.24) is 0 Å². The molecule has 0 aromatic heterocycles. The third kappa shape index (κ3) is 1.76. The molecule has 1 aliphatic rings. The number of ether oxygens (including phenoxy) is 1. The summed E-state index contributed by atoms with van der Waals surface area (Å²) in [4.78, 5) is 11.4. The van der Waals surface area contributed by atoms with E-state index in [1.165, 1.54) is 28.3 Å². The van der Waals surface area contributed by atoms with Gasteiger partial charge in [-0.3, -0.25) is 0 Å². The van der Waals surface area contributed by atoms with E-state index in [1.54, 1.807) is 0 Å². The average molecular weight is 264 g/mol. The predicted octanol–water partition coefficient (Wildman–Crippen LogP) is 3.70. The maximum absolute atomic E-state index is 11.4. The molecule has 0 atom stereocenters. The van der Waals surface area contributed by atoms with Crippen molar-refractivity contribution in [3.05, 3.63) is 72.3 Å². The second-order valence-corrected chi connectivity index (χ2v) is 5.24. The van der Waals surface area contributed by atoms with Gasteiger partial charge in [0.1, 0.15) is 6.61 Å². The van der Waals surface area contributed by atoms with Crippen molar-refractivity contribution >= 4 is 5.97 Å². The molecule has 0 amide bonds. The van der Waals surface area contributed by atoms with Crippen LogP contribution in [0.1, 0.15) is 18.1 Å². The van der Waals surface area contributed by atoms with Crippen molar-refractivity contribution in [3.63, 3.8) is 0 Å². The van der Waals surface area contributed by atoms with Gasteiger partial charge >= 0.3 is 5.97 Å².